The smallest absolute Gasteiger partial charge is 0.231 e. The molecule has 1 N–H and O–H groups in total. The minimum Gasteiger partial charge on any atom is -0.338 e. The third-order valence-electron chi connectivity index (χ3n) is 3.74. The summed E-state index contributed by atoms with van der Waals surface area (Å²) in [5, 5.41) is 6.82. The van der Waals surface area contributed by atoms with E-state index in [9.17, 15) is 4.79 Å². The minimum absolute atomic E-state index is 0.00551. The Morgan fingerprint density at radius 2 is 2.10 bits per heavy atom. The fraction of sp³-hybridized carbons (Fsp3) is 0.294. The highest BCUT2D eigenvalue weighted by atomic mass is 16.5. The predicted molar refractivity (Wildman–Crippen MR) is 81.8 cm³/mol. The summed E-state index contributed by atoms with van der Waals surface area (Å²) in [5.74, 6) is 0.444. The monoisotopic (exact) mass is 282 g/mol. The van der Waals surface area contributed by atoms with Gasteiger partial charge in [-0.05, 0) is 26.2 Å². The van der Waals surface area contributed by atoms with Gasteiger partial charge in [-0.25, -0.2) is 0 Å². The van der Waals surface area contributed by atoms with Crippen molar-refractivity contribution in [1.29, 1.82) is 0 Å². The molecule has 0 aliphatic heterocycles. The van der Waals surface area contributed by atoms with Crippen LogP contribution < -0.4 is 5.32 Å². The van der Waals surface area contributed by atoms with E-state index in [1.165, 1.54) is 5.56 Å². The van der Waals surface area contributed by atoms with Crippen LogP contribution in [-0.2, 0) is 4.79 Å². The normalized spacial score (nSPS) is 17.7. The van der Waals surface area contributed by atoms with Crippen molar-refractivity contribution in [1.82, 2.24) is 5.16 Å². The van der Waals surface area contributed by atoms with Crippen LogP contribution in [0.25, 0.3) is 11.3 Å². The number of aryl methyl sites for hydroxylation is 1. The van der Waals surface area contributed by atoms with Crippen molar-refractivity contribution < 1.29 is 9.32 Å². The van der Waals surface area contributed by atoms with E-state index in [1.54, 1.807) is 6.07 Å². The number of carbonyl (C=O) groups excluding carboxylic acids is 1. The maximum absolute atomic E-state index is 12.1. The zero-order valence-electron chi connectivity index (χ0n) is 12.0. The summed E-state index contributed by atoms with van der Waals surface area (Å²) in [7, 11) is 0. The van der Waals surface area contributed by atoms with E-state index in [0.717, 1.165) is 30.5 Å². The van der Waals surface area contributed by atoms with Gasteiger partial charge in [-0.15, -0.1) is 0 Å². The van der Waals surface area contributed by atoms with Gasteiger partial charge >= 0.3 is 0 Å². The maximum atomic E-state index is 12.1. The van der Waals surface area contributed by atoms with Crippen LogP contribution in [0.5, 0.6) is 0 Å². The minimum atomic E-state index is 0.00551. The number of nitrogens with zero attached hydrogens (tertiary/aromatic N) is 1. The van der Waals surface area contributed by atoms with Gasteiger partial charge in [-0.3, -0.25) is 10.1 Å². The summed E-state index contributed by atoms with van der Waals surface area (Å²) < 4.78 is 5.21. The summed E-state index contributed by atoms with van der Waals surface area (Å²) in [6, 6.07) is 9.80. The molecule has 1 unspecified atom stereocenters. The summed E-state index contributed by atoms with van der Waals surface area (Å²) in [5.41, 5.74) is 2.90. The van der Waals surface area contributed by atoms with Crippen LogP contribution >= 0.6 is 0 Å². The van der Waals surface area contributed by atoms with Crippen molar-refractivity contribution in [2.75, 3.05) is 5.32 Å². The van der Waals surface area contributed by atoms with Crippen LogP contribution in [0.1, 0.15) is 24.8 Å². The van der Waals surface area contributed by atoms with E-state index >= 15 is 0 Å². The van der Waals surface area contributed by atoms with Gasteiger partial charge in [0.1, 0.15) is 5.69 Å². The van der Waals surface area contributed by atoms with Crippen molar-refractivity contribution in [3.63, 3.8) is 0 Å². The Hall–Kier alpha value is -2.36. The van der Waals surface area contributed by atoms with Crippen LogP contribution in [0.3, 0.4) is 0 Å². The molecule has 1 aromatic heterocycles. The van der Waals surface area contributed by atoms with E-state index in [4.69, 9.17) is 4.52 Å². The molecule has 1 amide bonds. The number of aromatic nitrogens is 1. The first-order valence-electron chi connectivity index (χ1n) is 7.22. The highest BCUT2D eigenvalue weighted by Crippen LogP contribution is 2.24. The third kappa shape index (κ3) is 3.21. The Balaban J connectivity index is 1.68. The number of anilines is 1. The van der Waals surface area contributed by atoms with Gasteiger partial charge in [-0.2, -0.15) is 0 Å². The fourth-order valence-corrected chi connectivity index (χ4v) is 2.45. The third-order valence-corrected chi connectivity index (χ3v) is 3.74. The van der Waals surface area contributed by atoms with E-state index in [2.05, 4.69) is 22.6 Å². The number of allylic oxidation sites excluding steroid dienone is 2. The lowest BCUT2D eigenvalue weighted by Crippen LogP contribution is -2.23. The molecule has 1 aromatic carbocycles. The Labute approximate surface area is 123 Å². The molecule has 0 saturated carbocycles. The molecule has 1 aliphatic carbocycles. The van der Waals surface area contributed by atoms with Crippen LogP contribution in [0.15, 0.2) is 47.0 Å². The van der Waals surface area contributed by atoms with Gasteiger partial charge in [0.05, 0.1) is 0 Å². The summed E-state index contributed by atoms with van der Waals surface area (Å²) in [6.07, 6.45) is 6.83. The first-order chi connectivity index (χ1) is 10.2. The Bertz CT molecular complexity index is 656. The molecule has 4 nitrogen and oxygen atoms in total. The molecule has 3 rings (SSSR count). The van der Waals surface area contributed by atoms with Gasteiger partial charge in [0.15, 0.2) is 0 Å². The topological polar surface area (TPSA) is 55.1 Å². The summed E-state index contributed by atoms with van der Waals surface area (Å²) in [4.78, 5) is 12.1. The van der Waals surface area contributed by atoms with Gasteiger partial charge in [0, 0.05) is 17.5 Å². The van der Waals surface area contributed by atoms with Crippen LogP contribution in [0.4, 0.5) is 5.88 Å². The summed E-state index contributed by atoms with van der Waals surface area (Å²) in [6.45, 7) is 2.04. The number of nitrogens with one attached hydrogen (secondary N) is 1. The maximum Gasteiger partial charge on any atom is 0.231 e. The fourth-order valence-electron chi connectivity index (χ4n) is 2.45. The van der Waals surface area contributed by atoms with Crippen molar-refractivity contribution in [2.24, 2.45) is 5.92 Å². The van der Waals surface area contributed by atoms with Crippen molar-refractivity contribution in [2.45, 2.75) is 26.2 Å². The number of hydrogen-bond acceptors (Lipinski definition) is 3. The largest absolute Gasteiger partial charge is 0.338 e. The molecule has 108 valence electrons. The quantitative estimate of drug-likeness (QED) is 0.867. The Morgan fingerprint density at radius 3 is 2.81 bits per heavy atom. The van der Waals surface area contributed by atoms with Crippen LogP contribution in [0.2, 0.25) is 0 Å². The molecule has 1 heterocycles. The lowest BCUT2D eigenvalue weighted by Gasteiger charge is -2.15. The molecule has 1 aliphatic rings. The molecule has 0 saturated heterocycles. The molecular formula is C17H18N2O2. The highest BCUT2D eigenvalue weighted by molar-refractivity contribution is 5.91. The molecule has 0 radical (unpaired) electrons. The average molecular weight is 282 g/mol. The molecule has 21 heavy (non-hydrogen) atoms. The molecular weight excluding hydrogens is 264 g/mol. The number of rotatable bonds is 3. The lowest BCUT2D eigenvalue weighted by atomic mass is 9.94. The van der Waals surface area contributed by atoms with Crippen LogP contribution in [0, 0.1) is 12.8 Å². The van der Waals surface area contributed by atoms with Crippen molar-refractivity contribution >= 4 is 11.8 Å². The predicted octanol–water partition coefficient (Wildman–Crippen LogP) is 3.94. The van der Waals surface area contributed by atoms with Crippen LogP contribution in [-0.4, -0.2) is 11.1 Å². The molecule has 2 aromatic rings. The number of carbonyl (C=O) groups is 1. The number of amides is 1. The molecule has 0 spiro atoms. The lowest BCUT2D eigenvalue weighted by molar-refractivity contribution is -0.120. The van der Waals surface area contributed by atoms with Gasteiger partial charge in [0.2, 0.25) is 11.8 Å². The van der Waals surface area contributed by atoms with Gasteiger partial charge < -0.3 is 4.52 Å². The molecule has 4 heteroatoms. The second-order valence-electron chi connectivity index (χ2n) is 5.41. The Morgan fingerprint density at radius 1 is 1.29 bits per heavy atom. The van der Waals surface area contributed by atoms with E-state index in [0.29, 0.717) is 5.88 Å². The molecule has 0 fully saturated rings. The molecule has 1 atom stereocenters. The van der Waals surface area contributed by atoms with E-state index in [-0.39, 0.29) is 11.8 Å². The van der Waals surface area contributed by atoms with E-state index in [1.807, 2.05) is 31.2 Å². The van der Waals surface area contributed by atoms with Crippen molar-refractivity contribution in [3.05, 3.63) is 48.0 Å². The zero-order valence-corrected chi connectivity index (χ0v) is 12.0. The number of hydrogen-bond donors (Lipinski definition) is 1. The van der Waals surface area contributed by atoms with E-state index < -0.39 is 0 Å². The number of benzene rings is 1. The average Bonchev–Trinajstić information content (AvgIpc) is 2.97. The second-order valence-corrected chi connectivity index (χ2v) is 5.41. The summed E-state index contributed by atoms with van der Waals surface area (Å²) >= 11 is 0. The standard InChI is InChI=1S/C17H18N2O2/c1-12-7-9-13(10-8-12)15-11-16(21-19-15)18-17(20)14-5-3-2-4-6-14/h2-3,7-11,14H,4-6H2,1H3,(H,18,20). The van der Waals surface area contributed by atoms with Gasteiger partial charge in [-0.1, -0.05) is 47.1 Å². The Kier molecular flexibility index (Phi) is 3.86. The first-order valence-corrected chi connectivity index (χ1v) is 7.22. The molecule has 0 bridgehead atoms. The van der Waals surface area contributed by atoms with Crippen molar-refractivity contribution in [3.8, 4) is 11.3 Å². The second kappa shape index (κ2) is 5.95. The highest BCUT2D eigenvalue weighted by Gasteiger charge is 2.20. The SMILES string of the molecule is Cc1ccc(-c2cc(NC(=O)C3CC=CCC3)on2)cc1. The first kappa shape index (κ1) is 13.6. The van der Waals surface area contributed by atoms with Gasteiger partial charge in [0.25, 0.3) is 0 Å². The zero-order chi connectivity index (χ0) is 14.7.